The van der Waals surface area contributed by atoms with Gasteiger partial charge in [0, 0.05) is 17.4 Å². The number of nitrogens with one attached hydrogen (secondary N) is 2. The molecular weight excluding hydrogens is 330 g/mol. The number of aliphatic hydroxyl groups excluding tert-OH is 1. The Morgan fingerprint density at radius 1 is 1.45 bits per heavy atom. The Morgan fingerprint density at radius 2 is 2.15 bits per heavy atom. The maximum absolute atomic E-state index is 11.6. The van der Waals surface area contributed by atoms with E-state index in [1.807, 2.05) is 6.07 Å². The van der Waals surface area contributed by atoms with Gasteiger partial charge in [0.15, 0.2) is 6.10 Å². The van der Waals surface area contributed by atoms with Crippen molar-refractivity contribution >= 4 is 33.6 Å². The number of benzene rings is 1. The average Bonchev–Trinajstić information content (AvgIpc) is 2.38. The fraction of sp³-hybridized carbons (Fsp3) is 0.250. The van der Waals surface area contributed by atoms with Crippen molar-refractivity contribution in [2.24, 2.45) is 0 Å². The van der Waals surface area contributed by atoms with Crippen LogP contribution in [0.4, 0.5) is 10.5 Å². The molecule has 0 saturated heterocycles. The van der Waals surface area contributed by atoms with Gasteiger partial charge in [-0.25, -0.2) is 9.59 Å². The Morgan fingerprint density at radius 3 is 2.75 bits per heavy atom. The highest BCUT2D eigenvalue weighted by Gasteiger charge is 2.13. The summed E-state index contributed by atoms with van der Waals surface area (Å²) in [5, 5.41) is 31.2. The number of amides is 2. The van der Waals surface area contributed by atoms with E-state index in [1.165, 1.54) is 0 Å². The van der Waals surface area contributed by atoms with Crippen molar-refractivity contribution in [2.45, 2.75) is 12.5 Å². The first-order valence-corrected chi connectivity index (χ1v) is 6.38. The molecule has 0 aliphatic rings. The maximum Gasteiger partial charge on any atom is 0.332 e. The number of nitrogens with zero attached hydrogens (tertiary/aromatic N) is 1. The van der Waals surface area contributed by atoms with Gasteiger partial charge in [0.25, 0.3) is 0 Å². The average molecular weight is 342 g/mol. The molecule has 106 valence electrons. The third kappa shape index (κ3) is 4.87. The summed E-state index contributed by atoms with van der Waals surface area (Å²) in [4.78, 5) is 21.9. The summed E-state index contributed by atoms with van der Waals surface area (Å²) in [6, 6.07) is 6.15. The van der Waals surface area contributed by atoms with Gasteiger partial charge in [-0.2, -0.15) is 5.26 Å². The Bertz CT molecular complexity index is 556. The van der Waals surface area contributed by atoms with Crippen LogP contribution in [0.5, 0.6) is 0 Å². The van der Waals surface area contributed by atoms with Crippen molar-refractivity contribution in [3.8, 4) is 6.07 Å². The van der Waals surface area contributed by atoms with E-state index in [1.54, 1.807) is 18.2 Å². The van der Waals surface area contributed by atoms with Gasteiger partial charge in [0.05, 0.1) is 11.3 Å². The van der Waals surface area contributed by atoms with Crippen LogP contribution in [-0.4, -0.2) is 34.9 Å². The van der Waals surface area contributed by atoms with Gasteiger partial charge >= 0.3 is 12.0 Å². The number of rotatable bonds is 5. The molecule has 0 aliphatic heterocycles. The number of carboxylic acids is 1. The minimum absolute atomic E-state index is 0.00477. The Labute approximate surface area is 123 Å². The number of aliphatic carboxylic acids is 1. The number of carbonyl (C=O) groups is 2. The molecule has 0 bridgehead atoms. The van der Waals surface area contributed by atoms with Crippen molar-refractivity contribution in [3.63, 3.8) is 0 Å². The molecule has 1 unspecified atom stereocenters. The van der Waals surface area contributed by atoms with Gasteiger partial charge in [0.2, 0.25) is 0 Å². The number of hydrogen-bond donors (Lipinski definition) is 4. The zero-order valence-electron chi connectivity index (χ0n) is 10.3. The van der Waals surface area contributed by atoms with Crippen LogP contribution in [0.2, 0.25) is 0 Å². The molecule has 2 amide bonds. The van der Waals surface area contributed by atoms with Gasteiger partial charge in [0.1, 0.15) is 6.07 Å². The number of aliphatic hydroxyl groups is 1. The van der Waals surface area contributed by atoms with E-state index in [0.29, 0.717) is 15.7 Å². The minimum Gasteiger partial charge on any atom is -0.479 e. The normalized spacial score (nSPS) is 11.2. The fourth-order valence-corrected chi connectivity index (χ4v) is 1.69. The molecular formula is C12H12BrN3O4. The SMILES string of the molecule is N#Cc1ccc(Br)cc1NC(=O)NCCC(O)C(=O)O. The van der Waals surface area contributed by atoms with E-state index in [0.717, 1.165) is 0 Å². The highest BCUT2D eigenvalue weighted by molar-refractivity contribution is 9.10. The van der Waals surface area contributed by atoms with Gasteiger partial charge in [-0.3, -0.25) is 0 Å². The van der Waals surface area contributed by atoms with Crippen LogP contribution >= 0.6 is 15.9 Å². The first-order chi connectivity index (χ1) is 9.43. The molecule has 0 radical (unpaired) electrons. The highest BCUT2D eigenvalue weighted by atomic mass is 79.9. The van der Waals surface area contributed by atoms with E-state index >= 15 is 0 Å². The van der Waals surface area contributed by atoms with Crippen molar-refractivity contribution in [2.75, 3.05) is 11.9 Å². The molecule has 0 heterocycles. The molecule has 0 spiro atoms. The minimum atomic E-state index is -1.52. The number of nitriles is 1. The second kappa shape index (κ2) is 7.47. The summed E-state index contributed by atoms with van der Waals surface area (Å²) in [6.45, 7) is -0.00477. The monoisotopic (exact) mass is 341 g/mol. The maximum atomic E-state index is 11.6. The van der Waals surface area contributed by atoms with Crippen LogP contribution in [0.3, 0.4) is 0 Å². The quantitative estimate of drug-likeness (QED) is 0.642. The Balaban J connectivity index is 2.53. The number of carbonyl (C=O) groups excluding carboxylic acids is 1. The summed E-state index contributed by atoms with van der Waals surface area (Å²) in [7, 11) is 0. The molecule has 1 atom stereocenters. The number of hydrogen-bond acceptors (Lipinski definition) is 4. The predicted molar refractivity (Wildman–Crippen MR) is 74.1 cm³/mol. The molecule has 0 saturated carbocycles. The lowest BCUT2D eigenvalue weighted by Crippen LogP contribution is -2.33. The molecule has 1 rings (SSSR count). The summed E-state index contributed by atoms with van der Waals surface area (Å²) in [5.41, 5.74) is 0.632. The first kappa shape index (κ1) is 15.9. The van der Waals surface area contributed by atoms with Crippen molar-refractivity contribution < 1.29 is 19.8 Å². The standard InChI is InChI=1S/C12H12BrN3O4/c13-8-2-1-7(6-14)9(5-8)16-12(20)15-4-3-10(17)11(18)19/h1-2,5,10,17H,3-4H2,(H,18,19)(H2,15,16,20). The van der Waals surface area contributed by atoms with E-state index in [-0.39, 0.29) is 13.0 Å². The molecule has 1 aromatic rings. The molecule has 1 aromatic carbocycles. The number of urea groups is 1. The van der Waals surface area contributed by atoms with Crippen LogP contribution in [0.1, 0.15) is 12.0 Å². The van der Waals surface area contributed by atoms with E-state index < -0.39 is 18.1 Å². The molecule has 0 aromatic heterocycles. The highest BCUT2D eigenvalue weighted by Crippen LogP contribution is 2.20. The van der Waals surface area contributed by atoms with Gasteiger partial charge in [-0.05, 0) is 18.2 Å². The van der Waals surface area contributed by atoms with Crippen LogP contribution in [0.25, 0.3) is 0 Å². The lowest BCUT2D eigenvalue weighted by molar-refractivity contribution is -0.146. The van der Waals surface area contributed by atoms with E-state index in [2.05, 4.69) is 26.6 Å². The van der Waals surface area contributed by atoms with E-state index in [9.17, 15) is 9.59 Å². The molecule has 8 heteroatoms. The summed E-state index contributed by atoms with van der Waals surface area (Å²) in [6.07, 6.45) is -1.62. The van der Waals surface area contributed by atoms with Crippen molar-refractivity contribution in [3.05, 3.63) is 28.2 Å². The van der Waals surface area contributed by atoms with Crippen LogP contribution in [0.15, 0.2) is 22.7 Å². The third-order valence-electron chi connectivity index (χ3n) is 2.34. The molecule has 7 nitrogen and oxygen atoms in total. The summed E-state index contributed by atoms with van der Waals surface area (Å²) < 4.78 is 0.702. The summed E-state index contributed by atoms with van der Waals surface area (Å²) in [5.74, 6) is -1.34. The van der Waals surface area contributed by atoms with Crippen LogP contribution < -0.4 is 10.6 Å². The largest absolute Gasteiger partial charge is 0.479 e. The number of halogens is 1. The zero-order chi connectivity index (χ0) is 15.1. The lowest BCUT2D eigenvalue weighted by Gasteiger charge is -2.10. The third-order valence-corrected chi connectivity index (χ3v) is 2.83. The van der Waals surface area contributed by atoms with Gasteiger partial charge in [-0.15, -0.1) is 0 Å². The van der Waals surface area contributed by atoms with E-state index in [4.69, 9.17) is 15.5 Å². The Kier molecular flexibility index (Phi) is 5.96. The zero-order valence-corrected chi connectivity index (χ0v) is 11.8. The second-order valence-corrected chi connectivity index (χ2v) is 4.74. The molecule has 20 heavy (non-hydrogen) atoms. The number of anilines is 1. The van der Waals surface area contributed by atoms with Crippen molar-refractivity contribution in [1.82, 2.24) is 5.32 Å². The Hall–Kier alpha value is -2.11. The number of carboxylic acid groups (broad SMARTS) is 1. The van der Waals surface area contributed by atoms with Gasteiger partial charge in [-0.1, -0.05) is 15.9 Å². The second-order valence-electron chi connectivity index (χ2n) is 3.83. The van der Waals surface area contributed by atoms with Gasteiger partial charge < -0.3 is 20.8 Å². The smallest absolute Gasteiger partial charge is 0.332 e. The first-order valence-electron chi connectivity index (χ1n) is 5.59. The van der Waals surface area contributed by atoms with Crippen LogP contribution in [0, 0.1) is 11.3 Å². The molecule has 0 fully saturated rings. The molecule has 0 aliphatic carbocycles. The lowest BCUT2D eigenvalue weighted by atomic mass is 10.2. The summed E-state index contributed by atoms with van der Waals surface area (Å²) >= 11 is 3.22. The predicted octanol–water partition coefficient (Wildman–Crippen LogP) is 1.28. The topological polar surface area (TPSA) is 122 Å². The van der Waals surface area contributed by atoms with Crippen molar-refractivity contribution in [1.29, 1.82) is 5.26 Å². The van der Waals surface area contributed by atoms with Crippen LogP contribution in [-0.2, 0) is 4.79 Å². The molecule has 4 N–H and O–H groups in total. The fourth-order valence-electron chi connectivity index (χ4n) is 1.33.